The molecule has 0 amide bonds. The van der Waals surface area contributed by atoms with Crippen molar-refractivity contribution >= 4 is 29.5 Å². The van der Waals surface area contributed by atoms with Gasteiger partial charge in [-0.3, -0.25) is 0 Å². The number of aryl methyl sites for hydroxylation is 1. The molecule has 0 saturated heterocycles. The molecule has 0 spiro atoms. The lowest BCUT2D eigenvalue weighted by atomic mass is 10.0. The van der Waals surface area contributed by atoms with Gasteiger partial charge in [-0.15, -0.1) is 0 Å². The quantitative estimate of drug-likeness (QED) is 0.339. The average molecular weight is 404 g/mol. The van der Waals surface area contributed by atoms with E-state index in [4.69, 9.17) is 0 Å². The third kappa shape index (κ3) is 5.94. The minimum Gasteiger partial charge on any atom is -0.380 e. The summed E-state index contributed by atoms with van der Waals surface area (Å²) in [7, 11) is -0.617. The molecule has 0 bridgehead atoms. The number of nitrogens with one attached hydrogen (secondary N) is 1. The van der Waals surface area contributed by atoms with Gasteiger partial charge in [0.2, 0.25) is 0 Å². The Labute approximate surface area is 178 Å². The predicted molar refractivity (Wildman–Crippen MR) is 132 cm³/mol. The molecule has 0 aliphatic heterocycles. The zero-order valence-corrected chi connectivity index (χ0v) is 19.2. The summed E-state index contributed by atoms with van der Waals surface area (Å²) >= 11 is 0. The SMILES string of the molecule is CCCCCc1cccc(P(c2ccccc2)c2ccccc2)c1NC(C)(C)C. The first-order valence-corrected chi connectivity index (χ1v) is 12.1. The Morgan fingerprint density at radius 3 is 1.83 bits per heavy atom. The summed E-state index contributed by atoms with van der Waals surface area (Å²) in [5.74, 6) is 0. The third-order valence-corrected chi connectivity index (χ3v) is 7.43. The van der Waals surface area contributed by atoms with Gasteiger partial charge in [0.15, 0.2) is 0 Å². The molecule has 2 heteroatoms. The number of unbranched alkanes of at least 4 members (excludes halogenated alkanes) is 2. The maximum Gasteiger partial charge on any atom is 0.0461 e. The van der Waals surface area contributed by atoms with E-state index in [0.717, 1.165) is 6.42 Å². The average Bonchev–Trinajstić information content (AvgIpc) is 2.71. The third-order valence-electron chi connectivity index (χ3n) is 4.95. The highest BCUT2D eigenvalue weighted by atomic mass is 31.1. The normalized spacial score (nSPS) is 11.6. The number of para-hydroxylation sites is 1. The summed E-state index contributed by atoms with van der Waals surface area (Å²) in [5, 5.41) is 8.11. The molecule has 0 unspecified atom stereocenters. The molecule has 0 fully saturated rings. The zero-order chi connectivity index (χ0) is 20.7. The summed E-state index contributed by atoms with van der Waals surface area (Å²) in [6, 6.07) is 28.9. The van der Waals surface area contributed by atoms with Gasteiger partial charge in [0.1, 0.15) is 0 Å². The zero-order valence-electron chi connectivity index (χ0n) is 18.3. The van der Waals surface area contributed by atoms with Crippen molar-refractivity contribution in [2.24, 2.45) is 0 Å². The van der Waals surface area contributed by atoms with Crippen LogP contribution in [0.25, 0.3) is 0 Å². The summed E-state index contributed by atoms with van der Waals surface area (Å²) in [4.78, 5) is 0. The Morgan fingerprint density at radius 1 is 0.724 bits per heavy atom. The smallest absolute Gasteiger partial charge is 0.0461 e. The van der Waals surface area contributed by atoms with Crippen molar-refractivity contribution < 1.29 is 0 Å². The molecule has 0 aliphatic carbocycles. The minimum atomic E-state index is -0.617. The maximum atomic E-state index is 3.88. The molecule has 0 aliphatic rings. The van der Waals surface area contributed by atoms with Crippen molar-refractivity contribution in [1.82, 2.24) is 0 Å². The van der Waals surface area contributed by atoms with E-state index < -0.39 is 7.92 Å². The van der Waals surface area contributed by atoms with Crippen LogP contribution in [0.3, 0.4) is 0 Å². The Kier molecular flexibility index (Phi) is 7.51. The summed E-state index contributed by atoms with van der Waals surface area (Å²) in [6.07, 6.45) is 4.91. The maximum absolute atomic E-state index is 3.88. The van der Waals surface area contributed by atoms with Gasteiger partial charge in [-0.05, 0) is 57.7 Å². The van der Waals surface area contributed by atoms with Crippen molar-refractivity contribution in [2.75, 3.05) is 5.32 Å². The Balaban J connectivity index is 2.15. The molecule has 1 N–H and O–H groups in total. The molecular formula is C27H34NP. The standard InChI is InChI=1S/C27H34NP/c1-5-6-9-15-22-16-14-21-25(26(22)28-27(2,3)4)29(23-17-10-7-11-18-23)24-19-12-8-13-20-24/h7-8,10-14,16-21,28H,5-6,9,15H2,1-4H3. The fraction of sp³-hybridized carbons (Fsp3) is 0.333. The monoisotopic (exact) mass is 403 g/mol. The van der Waals surface area contributed by atoms with Gasteiger partial charge in [0, 0.05) is 16.5 Å². The fourth-order valence-corrected chi connectivity index (χ4v) is 6.10. The molecule has 0 aromatic heterocycles. The number of hydrogen-bond donors (Lipinski definition) is 1. The van der Waals surface area contributed by atoms with E-state index in [2.05, 4.69) is 112 Å². The topological polar surface area (TPSA) is 12.0 Å². The summed E-state index contributed by atoms with van der Waals surface area (Å²) in [5.41, 5.74) is 2.81. The van der Waals surface area contributed by atoms with Crippen LogP contribution in [-0.4, -0.2) is 5.54 Å². The van der Waals surface area contributed by atoms with E-state index in [0.29, 0.717) is 0 Å². The van der Waals surface area contributed by atoms with E-state index in [1.54, 1.807) is 0 Å². The molecule has 3 rings (SSSR count). The van der Waals surface area contributed by atoms with Crippen LogP contribution in [0, 0.1) is 0 Å². The highest BCUT2D eigenvalue weighted by Gasteiger charge is 2.23. The molecule has 152 valence electrons. The Morgan fingerprint density at radius 2 is 1.31 bits per heavy atom. The van der Waals surface area contributed by atoms with Crippen LogP contribution in [0.4, 0.5) is 5.69 Å². The van der Waals surface area contributed by atoms with Crippen LogP contribution in [0.15, 0.2) is 78.9 Å². The fourth-order valence-electron chi connectivity index (χ4n) is 3.65. The van der Waals surface area contributed by atoms with Crippen molar-refractivity contribution in [3.63, 3.8) is 0 Å². The number of anilines is 1. The van der Waals surface area contributed by atoms with Gasteiger partial charge in [0.05, 0.1) is 0 Å². The van der Waals surface area contributed by atoms with Crippen LogP contribution in [-0.2, 0) is 6.42 Å². The first-order valence-electron chi connectivity index (χ1n) is 10.8. The Hall–Kier alpha value is -2.11. The highest BCUT2D eigenvalue weighted by molar-refractivity contribution is 7.80. The molecule has 0 saturated carbocycles. The van der Waals surface area contributed by atoms with Crippen molar-refractivity contribution in [3.8, 4) is 0 Å². The van der Waals surface area contributed by atoms with Crippen molar-refractivity contribution in [1.29, 1.82) is 0 Å². The lowest BCUT2D eigenvalue weighted by molar-refractivity contribution is 0.632. The van der Waals surface area contributed by atoms with Crippen molar-refractivity contribution in [3.05, 3.63) is 84.4 Å². The van der Waals surface area contributed by atoms with Crippen molar-refractivity contribution in [2.45, 2.75) is 58.9 Å². The van der Waals surface area contributed by atoms with Crippen LogP contribution >= 0.6 is 7.92 Å². The molecular weight excluding hydrogens is 369 g/mol. The van der Waals surface area contributed by atoms with Gasteiger partial charge in [-0.2, -0.15) is 0 Å². The van der Waals surface area contributed by atoms with E-state index in [1.165, 1.54) is 46.4 Å². The second-order valence-electron chi connectivity index (χ2n) is 8.65. The van der Waals surface area contributed by atoms with Crippen LogP contribution in [0.2, 0.25) is 0 Å². The minimum absolute atomic E-state index is 0.0178. The summed E-state index contributed by atoms with van der Waals surface area (Å²) < 4.78 is 0. The second kappa shape index (κ2) is 10.1. The van der Waals surface area contributed by atoms with Gasteiger partial charge in [-0.25, -0.2) is 0 Å². The van der Waals surface area contributed by atoms with E-state index in [1.807, 2.05) is 0 Å². The first-order chi connectivity index (χ1) is 14.0. The lowest BCUT2D eigenvalue weighted by Gasteiger charge is -2.30. The van der Waals surface area contributed by atoms with Gasteiger partial charge in [-0.1, -0.05) is 98.6 Å². The lowest BCUT2D eigenvalue weighted by Crippen LogP contribution is -2.32. The molecule has 3 aromatic carbocycles. The second-order valence-corrected chi connectivity index (χ2v) is 10.8. The molecule has 0 atom stereocenters. The van der Waals surface area contributed by atoms with Gasteiger partial charge < -0.3 is 5.32 Å². The largest absolute Gasteiger partial charge is 0.380 e. The Bertz CT molecular complexity index is 842. The number of benzene rings is 3. The number of rotatable bonds is 8. The van der Waals surface area contributed by atoms with Crippen LogP contribution in [0.5, 0.6) is 0 Å². The molecule has 3 aromatic rings. The predicted octanol–water partition coefficient (Wildman–Crippen LogP) is 6.39. The number of hydrogen-bond acceptors (Lipinski definition) is 1. The van der Waals surface area contributed by atoms with Crippen LogP contribution in [0.1, 0.15) is 52.5 Å². The van der Waals surface area contributed by atoms with Crippen LogP contribution < -0.4 is 21.2 Å². The summed E-state index contributed by atoms with van der Waals surface area (Å²) in [6.45, 7) is 9.04. The molecule has 29 heavy (non-hydrogen) atoms. The van der Waals surface area contributed by atoms with E-state index >= 15 is 0 Å². The molecule has 1 nitrogen and oxygen atoms in total. The highest BCUT2D eigenvalue weighted by Crippen LogP contribution is 2.38. The molecule has 0 radical (unpaired) electrons. The van der Waals surface area contributed by atoms with Gasteiger partial charge >= 0.3 is 0 Å². The molecule has 0 heterocycles. The van der Waals surface area contributed by atoms with E-state index in [9.17, 15) is 0 Å². The van der Waals surface area contributed by atoms with Gasteiger partial charge in [0.25, 0.3) is 0 Å². The first kappa shape index (κ1) is 21.6. The van der Waals surface area contributed by atoms with E-state index in [-0.39, 0.29) is 5.54 Å².